The first-order valence-electron chi connectivity index (χ1n) is 14.6. The van der Waals surface area contributed by atoms with E-state index in [-0.39, 0.29) is 23.6 Å². The molecule has 5 atom stereocenters. The number of nitrogens with zero attached hydrogens (tertiary/aromatic N) is 5. The van der Waals surface area contributed by atoms with E-state index < -0.39 is 29.6 Å². The Balaban J connectivity index is 0.000000308. The molecule has 0 radical (unpaired) electrons. The number of anilines is 1. The van der Waals surface area contributed by atoms with Crippen molar-refractivity contribution in [3.8, 4) is 6.07 Å². The number of rotatable bonds is 5. The molecule has 0 spiro atoms. The average Bonchev–Trinajstić information content (AvgIpc) is 3.54. The van der Waals surface area contributed by atoms with Crippen LogP contribution < -0.4 is 10.2 Å². The van der Waals surface area contributed by atoms with E-state index in [1.165, 1.54) is 12.1 Å². The Kier molecular flexibility index (Phi) is 8.51. The molecule has 3 amide bonds. The fraction of sp³-hybridized carbons (Fsp3) is 0.567. The number of aromatic nitrogens is 2. The van der Waals surface area contributed by atoms with Crippen LogP contribution in [0.1, 0.15) is 78.7 Å². The Hall–Kier alpha value is -3.92. The largest absolute Gasteiger partial charge is 0.416 e. The molecule has 43 heavy (non-hydrogen) atoms. The molecule has 4 aliphatic rings. The number of carbonyl (C=O) groups excluding carboxylic acids is 3. The standard InChI is InChI=1S/C23H27F3N4O3.C7H8N2O/c1-4-29-21-18(14(3)28-30(21)17-8-10-33-11-9-17)13(2)19(22(29)32)27-20(31)15-6-5-7-16(12-15)23(24,25)26;8-3-6-1-5-2-7(5)9(6)4-10/h5-7,12-13,17,19H,4,8-11H2,1-3H3,(H,27,31);4-7H,1-2H2. The summed E-state index contributed by atoms with van der Waals surface area (Å²) in [4.78, 5) is 39.9. The fourth-order valence-corrected chi connectivity index (χ4v) is 6.50. The molecule has 1 aromatic heterocycles. The lowest BCUT2D eigenvalue weighted by molar-refractivity contribution is -0.137. The van der Waals surface area contributed by atoms with Gasteiger partial charge in [0, 0.05) is 42.8 Å². The zero-order chi connectivity index (χ0) is 31.1. The number of piperidine rings is 1. The van der Waals surface area contributed by atoms with Gasteiger partial charge in [-0.05, 0) is 63.6 Å². The zero-order valence-electron chi connectivity index (χ0n) is 24.3. The third-order valence-corrected chi connectivity index (χ3v) is 8.86. The quantitative estimate of drug-likeness (QED) is 0.519. The summed E-state index contributed by atoms with van der Waals surface area (Å²) in [7, 11) is 0. The number of ether oxygens (including phenoxy) is 1. The normalized spacial score (nSPS) is 26.5. The highest BCUT2D eigenvalue weighted by atomic mass is 19.4. The number of amides is 3. The van der Waals surface area contributed by atoms with Crippen molar-refractivity contribution in [1.29, 1.82) is 5.26 Å². The lowest BCUT2D eigenvalue weighted by Crippen LogP contribution is -2.55. The predicted octanol–water partition coefficient (Wildman–Crippen LogP) is 3.96. The molecule has 13 heteroatoms. The molecule has 3 aliphatic heterocycles. The number of benzene rings is 1. The molecule has 1 N–H and O–H groups in total. The highest BCUT2D eigenvalue weighted by Gasteiger charge is 2.51. The number of fused-ring (bicyclic) bond motifs is 2. The van der Waals surface area contributed by atoms with Crippen molar-refractivity contribution >= 4 is 24.0 Å². The number of aryl methyl sites for hydroxylation is 1. The second-order valence-electron chi connectivity index (χ2n) is 11.5. The molecule has 2 saturated heterocycles. The number of carbonyl (C=O) groups is 3. The predicted molar refractivity (Wildman–Crippen MR) is 149 cm³/mol. The molecular formula is C30H35F3N6O4. The number of hydrogen-bond acceptors (Lipinski definition) is 6. The number of alkyl halides is 3. The van der Waals surface area contributed by atoms with Crippen LogP contribution in [0.25, 0.3) is 0 Å². The van der Waals surface area contributed by atoms with Crippen LogP contribution in [0.3, 0.4) is 0 Å². The number of likely N-dealkylation sites (N-methyl/N-ethyl adjacent to an activating group) is 1. The van der Waals surface area contributed by atoms with Gasteiger partial charge < -0.3 is 15.0 Å². The summed E-state index contributed by atoms with van der Waals surface area (Å²) in [5, 5.41) is 16.0. The molecule has 1 saturated carbocycles. The number of halogens is 3. The van der Waals surface area contributed by atoms with E-state index in [9.17, 15) is 27.6 Å². The number of nitrogens with one attached hydrogen (secondary N) is 1. The van der Waals surface area contributed by atoms with Crippen LogP contribution in [-0.2, 0) is 20.5 Å². The van der Waals surface area contributed by atoms with E-state index in [0.29, 0.717) is 31.7 Å². The molecule has 10 nitrogen and oxygen atoms in total. The van der Waals surface area contributed by atoms with Gasteiger partial charge in [-0.25, -0.2) is 4.68 Å². The van der Waals surface area contributed by atoms with E-state index in [0.717, 1.165) is 61.3 Å². The van der Waals surface area contributed by atoms with E-state index in [1.807, 2.05) is 25.5 Å². The van der Waals surface area contributed by atoms with Gasteiger partial charge in [0.25, 0.3) is 11.8 Å². The van der Waals surface area contributed by atoms with Crippen LogP contribution in [-0.4, -0.2) is 70.8 Å². The van der Waals surface area contributed by atoms with Crippen LogP contribution in [0, 0.1) is 24.2 Å². The molecule has 2 aromatic rings. The first-order chi connectivity index (χ1) is 20.5. The van der Waals surface area contributed by atoms with Crippen LogP contribution in [0.2, 0.25) is 0 Å². The van der Waals surface area contributed by atoms with E-state index >= 15 is 0 Å². The molecule has 1 aromatic carbocycles. The van der Waals surface area contributed by atoms with E-state index in [1.54, 1.807) is 9.80 Å². The minimum Gasteiger partial charge on any atom is -0.381 e. The molecule has 3 fully saturated rings. The molecule has 5 unspecified atom stereocenters. The van der Waals surface area contributed by atoms with Crippen molar-refractivity contribution in [3.05, 3.63) is 46.6 Å². The second kappa shape index (κ2) is 12.0. The Labute approximate surface area is 247 Å². The molecule has 230 valence electrons. The highest BCUT2D eigenvalue weighted by molar-refractivity contribution is 6.04. The molecule has 1 aliphatic carbocycles. The maximum Gasteiger partial charge on any atom is 0.416 e. The van der Waals surface area contributed by atoms with E-state index in [4.69, 9.17) is 15.1 Å². The van der Waals surface area contributed by atoms with Crippen molar-refractivity contribution in [1.82, 2.24) is 20.0 Å². The van der Waals surface area contributed by atoms with Gasteiger partial charge in [-0.1, -0.05) is 13.0 Å². The first kappa shape index (κ1) is 30.5. The van der Waals surface area contributed by atoms with Gasteiger partial charge in [-0.3, -0.25) is 19.3 Å². The van der Waals surface area contributed by atoms with E-state index in [2.05, 4.69) is 11.4 Å². The Morgan fingerprint density at radius 1 is 1.26 bits per heavy atom. The smallest absolute Gasteiger partial charge is 0.381 e. The maximum atomic E-state index is 13.4. The number of hydrogen-bond donors (Lipinski definition) is 1. The van der Waals surface area contributed by atoms with Crippen LogP contribution in [0.15, 0.2) is 24.3 Å². The minimum atomic E-state index is -4.56. The highest BCUT2D eigenvalue weighted by Crippen LogP contribution is 2.46. The summed E-state index contributed by atoms with van der Waals surface area (Å²) in [6.07, 6.45) is -0.136. The SMILES string of the molecule is CCN1C(=O)C(NC(=O)c2cccc(C(F)(F)F)c2)C(C)c2c(C)nn(C3CCOCC3)c21.N#CC1CC2CC2N1C=O. The van der Waals surface area contributed by atoms with Gasteiger partial charge in [-0.2, -0.15) is 23.5 Å². The Bertz CT molecular complexity index is 1430. The fourth-order valence-electron chi connectivity index (χ4n) is 6.50. The number of likely N-dealkylation sites (tertiary alicyclic amines) is 1. The third kappa shape index (κ3) is 5.85. The van der Waals surface area contributed by atoms with Gasteiger partial charge >= 0.3 is 6.18 Å². The summed E-state index contributed by atoms with van der Waals surface area (Å²) >= 11 is 0. The summed E-state index contributed by atoms with van der Waals surface area (Å²) in [5.74, 6) is -0.0243. The van der Waals surface area contributed by atoms with Crippen molar-refractivity contribution in [2.24, 2.45) is 5.92 Å². The number of nitriles is 1. The average molecular weight is 601 g/mol. The summed E-state index contributed by atoms with van der Waals surface area (Å²) in [6.45, 7) is 7.19. The van der Waals surface area contributed by atoms with Gasteiger partial charge in [0.2, 0.25) is 6.41 Å². The lowest BCUT2D eigenvalue weighted by Gasteiger charge is -2.38. The monoisotopic (exact) mass is 600 g/mol. The summed E-state index contributed by atoms with van der Waals surface area (Å²) < 4.78 is 46.6. The van der Waals surface area contributed by atoms with Crippen molar-refractivity contribution < 1.29 is 32.3 Å². The van der Waals surface area contributed by atoms with Crippen molar-refractivity contribution in [3.63, 3.8) is 0 Å². The van der Waals surface area contributed by atoms with Crippen LogP contribution in [0.4, 0.5) is 19.0 Å². The summed E-state index contributed by atoms with van der Waals surface area (Å²) in [6, 6.07) is 5.81. The Morgan fingerprint density at radius 3 is 2.58 bits per heavy atom. The summed E-state index contributed by atoms with van der Waals surface area (Å²) in [5.41, 5.74) is 0.586. The second-order valence-corrected chi connectivity index (χ2v) is 11.5. The molecular weight excluding hydrogens is 565 g/mol. The minimum absolute atomic E-state index is 0.117. The molecule has 4 heterocycles. The van der Waals surface area contributed by atoms with Crippen LogP contribution >= 0.6 is 0 Å². The van der Waals surface area contributed by atoms with Gasteiger partial charge in [0.05, 0.1) is 23.4 Å². The lowest BCUT2D eigenvalue weighted by atomic mass is 9.87. The van der Waals surface area contributed by atoms with Gasteiger partial charge in [0.15, 0.2) is 0 Å². The zero-order valence-corrected chi connectivity index (χ0v) is 24.3. The van der Waals surface area contributed by atoms with Crippen molar-refractivity contribution in [2.75, 3.05) is 24.7 Å². The molecule has 6 rings (SSSR count). The Morgan fingerprint density at radius 2 is 1.98 bits per heavy atom. The first-order valence-corrected chi connectivity index (χ1v) is 14.6. The molecule has 0 bridgehead atoms. The topological polar surface area (TPSA) is 121 Å². The third-order valence-electron chi connectivity index (χ3n) is 8.86. The van der Waals surface area contributed by atoms with Gasteiger partial charge in [0.1, 0.15) is 17.9 Å². The maximum absolute atomic E-state index is 13.4. The van der Waals surface area contributed by atoms with Crippen LogP contribution in [0.5, 0.6) is 0 Å². The van der Waals surface area contributed by atoms with Crippen molar-refractivity contribution in [2.45, 2.75) is 82.7 Å². The van der Waals surface area contributed by atoms with Gasteiger partial charge in [-0.15, -0.1) is 0 Å².